The van der Waals surface area contributed by atoms with Gasteiger partial charge in [0.15, 0.2) is 0 Å². The zero-order valence-corrected chi connectivity index (χ0v) is 13.1. The molecule has 1 fully saturated rings. The average molecular weight is 336 g/mol. The summed E-state index contributed by atoms with van der Waals surface area (Å²) >= 11 is 0. The summed E-state index contributed by atoms with van der Waals surface area (Å²) in [6, 6.07) is 7.24. The van der Waals surface area contributed by atoms with Crippen LogP contribution in [0.3, 0.4) is 0 Å². The second kappa shape index (κ2) is 7.07. The van der Waals surface area contributed by atoms with Crippen molar-refractivity contribution in [3.8, 4) is 0 Å². The molecule has 0 aliphatic heterocycles. The van der Waals surface area contributed by atoms with Gasteiger partial charge in [-0.25, -0.2) is 4.98 Å². The minimum Gasteiger partial charge on any atom is -0.351 e. The lowest BCUT2D eigenvalue weighted by atomic mass is 9.96. The summed E-state index contributed by atoms with van der Waals surface area (Å²) in [5.41, 5.74) is -0.738. The number of aromatic nitrogens is 2. The monoisotopic (exact) mass is 336 g/mol. The number of rotatable bonds is 4. The lowest BCUT2D eigenvalue weighted by molar-refractivity contribution is -0.136. The number of para-hydroxylation sites is 1. The van der Waals surface area contributed by atoms with Gasteiger partial charge < -0.3 is 10.6 Å². The van der Waals surface area contributed by atoms with E-state index >= 15 is 0 Å². The average Bonchev–Trinajstić information content (AvgIpc) is 2.56. The van der Waals surface area contributed by atoms with E-state index in [-0.39, 0.29) is 5.69 Å². The molecule has 2 N–H and O–H groups in total. The van der Waals surface area contributed by atoms with Crippen LogP contribution >= 0.6 is 0 Å². The highest BCUT2D eigenvalue weighted by Gasteiger charge is 2.33. The normalized spacial score (nSPS) is 16.0. The number of nitrogens with one attached hydrogen (secondary N) is 2. The summed E-state index contributed by atoms with van der Waals surface area (Å²) in [6.45, 7) is 0. The maximum atomic E-state index is 13.1. The fourth-order valence-electron chi connectivity index (χ4n) is 2.90. The highest BCUT2D eigenvalue weighted by molar-refractivity contribution is 5.61. The van der Waals surface area contributed by atoms with Crippen LogP contribution < -0.4 is 10.6 Å². The van der Waals surface area contributed by atoms with Crippen molar-refractivity contribution in [2.45, 2.75) is 44.3 Å². The van der Waals surface area contributed by atoms with Gasteiger partial charge in [-0.2, -0.15) is 18.2 Å². The summed E-state index contributed by atoms with van der Waals surface area (Å²) in [5, 5.41) is 6.01. The van der Waals surface area contributed by atoms with Gasteiger partial charge in [-0.05, 0) is 31.0 Å². The number of hydrogen-bond acceptors (Lipinski definition) is 4. The van der Waals surface area contributed by atoms with Crippen molar-refractivity contribution in [2.24, 2.45) is 0 Å². The Morgan fingerprint density at radius 3 is 2.50 bits per heavy atom. The van der Waals surface area contributed by atoms with Gasteiger partial charge >= 0.3 is 6.18 Å². The molecule has 0 radical (unpaired) electrons. The molecule has 0 amide bonds. The standard InChI is InChI=1S/C17H19F3N4/c18-17(19,20)13-8-4-5-9-14(13)23-15-10-11-21-16(24-15)22-12-6-2-1-3-7-12/h4-5,8-12H,1-3,6-7H2,(H2,21,22,23,24). The summed E-state index contributed by atoms with van der Waals surface area (Å²) in [4.78, 5) is 8.45. The fourth-order valence-corrected chi connectivity index (χ4v) is 2.90. The van der Waals surface area contributed by atoms with Crippen LogP contribution in [0.1, 0.15) is 37.7 Å². The topological polar surface area (TPSA) is 49.8 Å². The molecule has 24 heavy (non-hydrogen) atoms. The van der Waals surface area contributed by atoms with Crippen molar-refractivity contribution in [1.29, 1.82) is 0 Å². The van der Waals surface area contributed by atoms with Gasteiger partial charge in [-0.3, -0.25) is 0 Å². The molecule has 0 unspecified atom stereocenters. The number of alkyl halides is 3. The van der Waals surface area contributed by atoms with Gasteiger partial charge in [0.1, 0.15) is 5.82 Å². The second-order valence-electron chi connectivity index (χ2n) is 5.91. The second-order valence-corrected chi connectivity index (χ2v) is 5.91. The van der Waals surface area contributed by atoms with E-state index in [0.717, 1.165) is 18.9 Å². The number of nitrogens with zero attached hydrogens (tertiary/aromatic N) is 2. The van der Waals surface area contributed by atoms with Crippen molar-refractivity contribution in [1.82, 2.24) is 9.97 Å². The van der Waals surface area contributed by atoms with E-state index in [4.69, 9.17) is 0 Å². The molecule has 2 aromatic rings. The van der Waals surface area contributed by atoms with Gasteiger partial charge in [0, 0.05) is 12.2 Å². The molecule has 7 heteroatoms. The Balaban J connectivity index is 1.75. The van der Waals surface area contributed by atoms with Crippen molar-refractivity contribution < 1.29 is 13.2 Å². The van der Waals surface area contributed by atoms with Gasteiger partial charge in [0.05, 0.1) is 11.3 Å². The molecule has 0 bridgehead atoms. The molecule has 1 saturated carbocycles. The molecule has 1 aromatic carbocycles. The predicted molar refractivity (Wildman–Crippen MR) is 87.3 cm³/mol. The van der Waals surface area contributed by atoms with Crippen LogP contribution in [0.4, 0.5) is 30.6 Å². The molecule has 128 valence electrons. The predicted octanol–water partition coefficient (Wildman–Crippen LogP) is 4.98. The van der Waals surface area contributed by atoms with Crippen LogP contribution in [-0.2, 0) is 6.18 Å². The maximum absolute atomic E-state index is 13.1. The van der Waals surface area contributed by atoms with E-state index in [1.165, 1.54) is 37.6 Å². The van der Waals surface area contributed by atoms with Crippen molar-refractivity contribution in [3.63, 3.8) is 0 Å². The van der Waals surface area contributed by atoms with Crippen LogP contribution in [0.5, 0.6) is 0 Å². The van der Waals surface area contributed by atoms with Crippen LogP contribution in [0, 0.1) is 0 Å². The molecular weight excluding hydrogens is 317 g/mol. The highest BCUT2D eigenvalue weighted by Crippen LogP contribution is 2.35. The Morgan fingerprint density at radius 2 is 1.75 bits per heavy atom. The first-order valence-electron chi connectivity index (χ1n) is 8.05. The Hall–Kier alpha value is -2.31. The third-order valence-corrected chi connectivity index (χ3v) is 4.09. The van der Waals surface area contributed by atoms with Gasteiger partial charge in [-0.1, -0.05) is 31.4 Å². The summed E-state index contributed by atoms with van der Waals surface area (Å²) in [6.07, 6.45) is 2.85. The smallest absolute Gasteiger partial charge is 0.351 e. The van der Waals surface area contributed by atoms with Crippen LogP contribution in [0.2, 0.25) is 0 Å². The maximum Gasteiger partial charge on any atom is 0.418 e. The van der Waals surface area contributed by atoms with Crippen molar-refractivity contribution in [3.05, 3.63) is 42.1 Å². The van der Waals surface area contributed by atoms with E-state index in [9.17, 15) is 13.2 Å². The molecule has 0 spiro atoms. The molecule has 1 aliphatic rings. The first-order valence-corrected chi connectivity index (χ1v) is 8.05. The third-order valence-electron chi connectivity index (χ3n) is 4.09. The Bertz CT molecular complexity index is 682. The van der Waals surface area contributed by atoms with Crippen LogP contribution in [-0.4, -0.2) is 16.0 Å². The summed E-state index contributed by atoms with van der Waals surface area (Å²) < 4.78 is 39.2. The molecule has 0 saturated heterocycles. The van der Waals surface area contributed by atoms with Crippen molar-refractivity contribution >= 4 is 17.5 Å². The van der Waals surface area contributed by atoms with E-state index < -0.39 is 11.7 Å². The Kier molecular flexibility index (Phi) is 4.87. The number of halogens is 3. The zero-order chi connectivity index (χ0) is 17.0. The van der Waals surface area contributed by atoms with E-state index in [0.29, 0.717) is 17.8 Å². The molecule has 1 aromatic heterocycles. The quantitative estimate of drug-likeness (QED) is 0.826. The molecule has 3 rings (SSSR count). The fraction of sp³-hybridized carbons (Fsp3) is 0.412. The van der Waals surface area contributed by atoms with Crippen LogP contribution in [0.25, 0.3) is 0 Å². The molecular formula is C17H19F3N4. The molecule has 1 aliphatic carbocycles. The van der Waals surface area contributed by atoms with Crippen molar-refractivity contribution in [2.75, 3.05) is 10.6 Å². The lowest BCUT2D eigenvalue weighted by Crippen LogP contribution is -2.23. The lowest BCUT2D eigenvalue weighted by Gasteiger charge is -2.22. The van der Waals surface area contributed by atoms with Crippen LogP contribution in [0.15, 0.2) is 36.5 Å². The Morgan fingerprint density at radius 1 is 1.00 bits per heavy atom. The van der Waals surface area contributed by atoms with E-state index in [1.54, 1.807) is 12.1 Å². The third kappa shape index (κ3) is 4.15. The van der Waals surface area contributed by atoms with Gasteiger partial charge in [0.25, 0.3) is 0 Å². The van der Waals surface area contributed by atoms with Gasteiger partial charge in [-0.15, -0.1) is 0 Å². The largest absolute Gasteiger partial charge is 0.418 e. The summed E-state index contributed by atoms with van der Waals surface area (Å²) in [7, 11) is 0. The first kappa shape index (κ1) is 16.5. The SMILES string of the molecule is FC(F)(F)c1ccccc1Nc1ccnc(NC2CCCCC2)n1. The van der Waals surface area contributed by atoms with E-state index in [2.05, 4.69) is 20.6 Å². The minimum atomic E-state index is -4.42. The number of anilines is 3. The Labute approximate surface area is 138 Å². The highest BCUT2D eigenvalue weighted by atomic mass is 19.4. The molecule has 0 atom stereocenters. The van der Waals surface area contributed by atoms with Gasteiger partial charge in [0.2, 0.25) is 5.95 Å². The zero-order valence-electron chi connectivity index (χ0n) is 13.1. The minimum absolute atomic E-state index is 0.0210. The molecule has 1 heterocycles. The molecule has 4 nitrogen and oxygen atoms in total. The summed E-state index contributed by atoms with van der Waals surface area (Å²) in [5.74, 6) is 0.774. The number of benzene rings is 1. The van der Waals surface area contributed by atoms with E-state index in [1.807, 2.05) is 0 Å². The first-order chi connectivity index (χ1) is 11.5. The number of hydrogen-bond donors (Lipinski definition) is 2.